The Labute approximate surface area is 128 Å². The van der Waals surface area contributed by atoms with Gasteiger partial charge in [-0.1, -0.05) is 17.7 Å². The molecule has 0 bridgehead atoms. The Morgan fingerprint density at radius 1 is 1.05 bits per heavy atom. The maximum absolute atomic E-state index is 12.3. The molecule has 2 aromatic carbocycles. The highest BCUT2D eigenvalue weighted by atomic mass is 35.5. The van der Waals surface area contributed by atoms with Crippen LogP contribution in [0.1, 0.15) is 15.9 Å². The van der Waals surface area contributed by atoms with E-state index in [9.17, 15) is 4.79 Å². The smallest absolute Gasteiger partial charge is 0.255 e. The monoisotopic (exact) mass is 305 g/mol. The predicted molar refractivity (Wildman–Crippen MR) is 83.7 cm³/mol. The first kappa shape index (κ1) is 15.2. The van der Waals surface area contributed by atoms with Gasteiger partial charge in [-0.2, -0.15) is 0 Å². The fourth-order valence-electron chi connectivity index (χ4n) is 1.85. The van der Waals surface area contributed by atoms with E-state index >= 15 is 0 Å². The summed E-state index contributed by atoms with van der Waals surface area (Å²) in [6.45, 7) is 1.93. The largest absolute Gasteiger partial charge is 0.497 e. The zero-order chi connectivity index (χ0) is 15.4. The van der Waals surface area contributed by atoms with Crippen LogP contribution in [-0.4, -0.2) is 20.1 Å². The molecule has 0 heterocycles. The Morgan fingerprint density at radius 3 is 2.19 bits per heavy atom. The number of anilines is 1. The summed E-state index contributed by atoms with van der Waals surface area (Å²) in [6.07, 6.45) is 0. The molecule has 0 aromatic heterocycles. The van der Waals surface area contributed by atoms with Crippen molar-refractivity contribution in [3.8, 4) is 11.5 Å². The van der Waals surface area contributed by atoms with Gasteiger partial charge in [0.2, 0.25) is 0 Å². The van der Waals surface area contributed by atoms with Crippen LogP contribution in [0.3, 0.4) is 0 Å². The van der Waals surface area contributed by atoms with Crippen molar-refractivity contribution in [2.24, 2.45) is 0 Å². The van der Waals surface area contributed by atoms with Gasteiger partial charge >= 0.3 is 0 Å². The molecule has 21 heavy (non-hydrogen) atoms. The van der Waals surface area contributed by atoms with Crippen molar-refractivity contribution in [2.75, 3.05) is 19.5 Å². The molecule has 0 atom stereocenters. The lowest BCUT2D eigenvalue weighted by molar-refractivity contribution is 0.102. The molecule has 1 N–H and O–H groups in total. The third kappa shape index (κ3) is 3.67. The molecule has 0 unspecified atom stereocenters. The van der Waals surface area contributed by atoms with Crippen molar-refractivity contribution in [2.45, 2.75) is 6.92 Å². The number of nitrogens with one attached hydrogen (secondary N) is 1. The van der Waals surface area contributed by atoms with E-state index in [1.807, 2.05) is 13.0 Å². The van der Waals surface area contributed by atoms with Gasteiger partial charge in [-0.15, -0.1) is 0 Å². The average molecular weight is 306 g/mol. The van der Waals surface area contributed by atoms with Crippen molar-refractivity contribution >= 4 is 23.2 Å². The van der Waals surface area contributed by atoms with Gasteiger partial charge in [0.25, 0.3) is 5.91 Å². The van der Waals surface area contributed by atoms with E-state index in [-0.39, 0.29) is 5.91 Å². The first-order valence-electron chi connectivity index (χ1n) is 6.34. The number of benzene rings is 2. The first-order valence-corrected chi connectivity index (χ1v) is 6.72. The van der Waals surface area contributed by atoms with Crippen molar-refractivity contribution in [1.29, 1.82) is 0 Å². The fraction of sp³-hybridized carbons (Fsp3) is 0.188. The van der Waals surface area contributed by atoms with Crippen LogP contribution in [0.4, 0.5) is 5.69 Å². The summed E-state index contributed by atoms with van der Waals surface area (Å²) in [5, 5.41) is 3.27. The molecular weight excluding hydrogens is 290 g/mol. The Balaban J connectivity index is 2.27. The van der Waals surface area contributed by atoms with Crippen LogP contribution < -0.4 is 14.8 Å². The standard InChI is InChI=1S/C16H16ClNO3/c1-10-4-5-15(14(17)6-10)18-16(19)11-7-12(20-2)9-13(8-11)21-3/h4-9H,1-3H3,(H,18,19). The van der Waals surface area contributed by atoms with Crippen LogP contribution in [0.25, 0.3) is 0 Å². The zero-order valence-corrected chi connectivity index (χ0v) is 12.8. The summed E-state index contributed by atoms with van der Waals surface area (Å²) in [4.78, 5) is 12.3. The van der Waals surface area contributed by atoms with Gasteiger partial charge in [0.05, 0.1) is 24.9 Å². The van der Waals surface area contributed by atoms with Crippen LogP contribution >= 0.6 is 11.6 Å². The molecule has 2 aromatic rings. The Bertz CT molecular complexity index is 648. The molecule has 5 heteroatoms. The topological polar surface area (TPSA) is 47.6 Å². The van der Waals surface area contributed by atoms with Crippen LogP contribution in [0.5, 0.6) is 11.5 Å². The van der Waals surface area contributed by atoms with E-state index in [0.717, 1.165) is 5.56 Å². The fourth-order valence-corrected chi connectivity index (χ4v) is 2.14. The Morgan fingerprint density at radius 2 is 1.67 bits per heavy atom. The third-order valence-electron chi connectivity index (χ3n) is 2.99. The van der Waals surface area contributed by atoms with Crippen LogP contribution in [0.2, 0.25) is 5.02 Å². The van der Waals surface area contributed by atoms with Gasteiger partial charge in [0.1, 0.15) is 11.5 Å². The summed E-state index contributed by atoms with van der Waals surface area (Å²) >= 11 is 6.11. The van der Waals surface area contributed by atoms with Crippen molar-refractivity contribution in [1.82, 2.24) is 0 Å². The van der Waals surface area contributed by atoms with E-state index in [0.29, 0.717) is 27.8 Å². The number of hydrogen-bond acceptors (Lipinski definition) is 3. The Kier molecular flexibility index (Phi) is 4.70. The molecule has 2 rings (SSSR count). The lowest BCUT2D eigenvalue weighted by Crippen LogP contribution is -2.12. The number of carbonyl (C=O) groups excluding carboxylic acids is 1. The van der Waals surface area contributed by atoms with Crippen molar-refractivity contribution < 1.29 is 14.3 Å². The number of amides is 1. The minimum absolute atomic E-state index is 0.280. The molecule has 0 saturated carbocycles. The van der Waals surface area contributed by atoms with Gasteiger partial charge < -0.3 is 14.8 Å². The summed E-state index contributed by atoms with van der Waals surface area (Å²) in [7, 11) is 3.07. The molecular formula is C16H16ClNO3. The van der Waals surface area contributed by atoms with Crippen LogP contribution in [0.15, 0.2) is 36.4 Å². The maximum Gasteiger partial charge on any atom is 0.255 e. The maximum atomic E-state index is 12.3. The highest BCUT2D eigenvalue weighted by Crippen LogP contribution is 2.26. The van der Waals surface area contributed by atoms with Gasteiger partial charge in [0, 0.05) is 11.6 Å². The van der Waals surface area contributed by atoms with Gasteiger partial charge in [-0.3, -0.25) is 4.79 Å². The molecule has 110 valence electrons. The van der Waals surface area contributed by atoms with E-state index < -0.39 is 0 Å². The van der Waals surface area contributed by atoms with Gasteiger partial charge in [-0.25, -0.2) is 0 Å². The van der Waals surface area contributed by atoms with Gasteiger partial charge in [-0.05, 0) is 36.8 Å². The lowest BCUT2D eigenvalue weighted by Gasteiger charge is -2.10. The van der Waals surface area contributed by atoms with Crippen LogP contribution in [-0.2, 0) is 0 Å². The quantitative estimate of drug-likeness (QED) is 0.931. The van der Waals surface area contributed by atoms with Crippen LogP contribution in [0, 0.1) is 6.92 Å². The first-order chi connectivity index (χ1) is 10.0. The normalized spacial score (nSPS) is 10.1. The van der Waals surface area contributed by atoms with E-state index in [4.69, 9.17) is 21.1 Å². The van der Waals surface area contributed by atoms with E-state index in [1.54, 1.807) is 30.3 Å². The van der Waals surface area contributed by atoms with E-state index in [1.165, 1.54) is 14.2 Å². The Hall–Kier alpha value is -2.20. The second-order valence-electron chi connectivity index (χ2n) is 4.54. The number of halogens is 1. The molecule has 0 aliphatic carbocycles. The molecule has 0 aliphatic heterocycles. The number of carbonyl (C=O) groups is 1. The number of methoxy groups -OCH3 is 2. The molecule has 1 amide bonds. The number of hydrogen-bond donors (Lipinski definition) is 1. The highest BCUT2D eigenvalue weighted by Gasteiger charge is 2.11. The molecule has 0 radical (unpaired) electrons. The SMILES string of the molecule is COc1cc(OC)cc(C(=O)Nc2ccc(C)cc2Cl)c1. The number of rotatable bonds is 4. The second-order valence-corrected chi connectivity index (χ2v) is 4.95. The van der Waals surface area contributed by atoms with E-state index in [2.05, 4.69) is 5.32 Å². The summed E-state index contributed by atoms with van der Waals surface area (Å²) < 4.78 is 10.3. The van der Waals surface area contributed by atoms with Gasteiger partial charge in [0.15, 0.2) is 0 Å². The summed E-state index contributed by atoms with van der Waals surface area (Å²) in [5.74, 6) is 0.821. The predicted octanol–water partition coefficient (Wildman–Crippen LogP) is 3.92. The average Bonchev–Trinajstić information content (AvgIpc) is 2.49. The molecule has 0 spiro atoms. The third-order valence-corrected chi connectivity index (χ3v) is 3.30. The second kappa shape index (κ2) is 6.50. The molecule has 0 aliphatic rings. The minimum atomic E-state index is -0.280. The molecule has 0 fully saturated rings. The van der Waals surface area contributed by atoms with Crippen molar-refractivity contribution in [3.05, 3.63) is 52.5 Å². The summed E-state index contributed by atoms with van der Waals surface area (Å²) in [5.41, 5.74) is 2.03. The zero-order valence-electron chi connectivity index (χ0n) is 12.1. The minimum Gasteiger partial charge on any atom is -0.497 e. The number of aryl methyl sites for hydroxylation is 1. The highest BCUT2D eigenvalue weighted by molar-refractivity contribution is 6.34. The summed E-state index contributed by atoms with van der Waals surface area (Å²) in [6, 6.07) is 10.4. The molecule has 4 nitrogen and oxygen atoms in total. The van der Waals surface area contributed by atoms with Crippen molar-refractivity contribution in [3.63, 3.8) is 0 Å². The molecule has 0 saturated heterocycles. The lowest BCUT2D eigenvalue weighted by atomic mass is 10.1. The number of ether oxygens (including phenoxy) is 2.